The van der Waals surface area contributed by atoms with Gasteiger partial charge in [-0.05, 0) is 36.3 Å². The summed E-state index contributed by atoms with van der Waals surface area (Å²) in [5.41, 5.74) is -0.565. The first-order valence-corrected chi connectivity index (χ1v) is 11.4. The number of hydrogen-bond donors (Lipinski definition) is 0. The van der Waals surface area contributed by atoms with Gasteiger partial charge in [-0.3, -0.25) is 0 Å². The molecule has 2 rings (SSSR count). The zero-order chi connectivity index (χ0) is 19.6. The third kappa shape index (κ3) is 5.03. The second-order valence-corrected chi connectivity index (χ2v) is 12.5. The Morgan fingerprint density at radius 1 is 0.885 bits per heavy atom. The molecule has 2 aromatic carbocycles. The van der Waals surface area contributed by atoms with E-state index in [4.69, 9.17) is 9.16 Å². The van der Waals surface area contributed by atoms with Crippen LogP contribution in [0.3, 0.4) is 0 Å². The molecule has 0 spiro atoms. The lowest BCUT2D eigenvalue weighted by Gasteiger charge is -2.36. The minimum absolute atomic E-state index is 0.0511. The van der Waals surface area contributed by atoms with Gasteiger partial charge < -0.3 is 9.16 Å². The third-order valence-electron chi connectivity index (χ3n) is 4.70. The summed E-state index contributed by atoms with van der Waals surface area (Å²) in [5.74, 6) is 1.16. The summed E-state index contributed by atoms with van der Waals surface area (Å²) in [5, 5.41) is 0.0511. The largest absolute Gasteiger partial charge is 0.543 e. The minimum Gasteiger partial charge on any atom is -0.543 e. The fraction of sp³-hybridized carbons (Fsp3) is 0.400. The van der Waals surface area contributed by atoms with E-state index in [2.05, 4.69) is 33.9 Å². The molecule has 2 nitrogen and oxygen atoms in total. The van der Waals surface area contributed by atoms with Gasteiger partial charge in [-0.15, -0.1) is 0 Å². The van der Waals surface area contributed by atoms with Crippen molar-refractivity contribution >= 4 is 8.32 Å². The fourth-order valence-electron chi connectivity index (χ4n) is 2.16. The molecule has 0 amide bonds. The van der Waals surface area contributed by atoms with Gasteiger partial charge in [-0.25, -0.2) is 0 Å². The summed E-state index contributed by atoms with van der Waals surface area (Å²) in [6.45, 7) is 10.6. The lowest BCUT2D eigenvalue weighted by Crippen LogP contribution is -2.43. The molecule has 0 heterocycles. The van der Waals surface area contributed by atoms with Gasteiger partial charge in [0.25, 0.3) is 0 Å². The van der Waals surface area contributed by atoms with Gasteiger partial charge in [0.15, 0.2) is 0 Å². The van der Waals surface area contributed by atoms with E-state index in [1.165, 1.54) is 12.1 Å². The molecule has 0 saturated carbocycles. The molecule has 0 fully saturated rings. The van der Waals surface area contributed by atoms with E-state index >= 15 is 0 Å². The maximum absolute atomic E-state index is 13.1. The van der Waals surface area contributed by atoms with Gasteiger partial charge >= 0.3 is 6.18 Å². The van der Waals surface area contributed by atoms with Crippen LogP contribution in [0.15, 0.2) is 48.5 Å². The van der Waals surface area contributed by atoms with E-state index in [9.17, 15) is 13.2 Å². The van der Waals surface area contributed by atoms with Gasteiger partial charge in [0.1, 0.15) is 18.1 Å². The molecule has 0 atom stereocenters. The summed E-state index contributed by atoms with van der Waals surface area (Å²) < 4.78 is 51.0. The van der Waals surface area contributed by atoms with Crippen LogP contribution >= 0.6 is 0 Å². The number of halogens is 3. The predicted octanol–water partition coefficient (Wildman–Crippen LogP) is 6.67. The van der Waals surface area contributed by atoms with Crippen LogP contribution in [0.2, 0.25) is 18.1 Å². The van der Waals surface area contributed by atoms with Crippen molar-refractivity contribution in [1.29, 1.82) is 0 Å². The molecule has 0 saturated heterocycles. The highest BCUT2D eigenvalue weighted by Gasteiger charge is 2.39. The van der Waals surface area contributed by atoms with Crippen LogP contribution in [-0.2, 0) is 12.8 Å². The Balaban J connectivity index is 2.14. The quantitative estimate of drug-likeness (QED) is 0.538. The molecule has 2 aromatic rings. The number of ether oxygens (including phenoxy) is 1. The lowest BCUT2D eigenvalue weighted by molar-refractivity contribution is -0.138. The molecule has 0 aliphatic heterocycles. The second kappa shape index (κ2) is 7.35. The third-order valence-corrected chi connectivity index (χ3v) is 9.06. The van der Waals surface area contributed by atoms with Crippen LogP contribution in [0.25, 0.3) is 0 Å². The normalized spacial score (nSPS) is 12.8. The van der Waals surface area contributed by atoms with Crippen LogP contribution < -0.4 is 9.16 Å². The van der Waals surface area contributed by atoms with E-state index in [1.807, 2.05) is 6.07 Å². The molecular formula is C20H25F3O2Si. The predicted molar refractivity (Wildman–Crippen MR) is 100 cm³/mol. The summed E-state index contributed by atoms with van der Waals surface area (Å²) in [6, 6.07) is 12.5. The molecule has 142 valence electrons. The van der Waals surface area contributed by atoms with E-state index < -0.39 is 20.1 Å². The van der Waals surface area contributed by atoms with Crippen molar-refractivity contribution in [2.75, 3.05) is 0 Å². The van der Waals surface area contributed by atoms with Gasteiger partial charge in [0.05, 0.1) is 5.56 Å². The second-order valence-electron chi connectivity index (χ2n) is 7.78. The maximum Gasteiger partial charge on any atom is 0.416 e. The minimum atomic E-state index is -4.40. The zero-order valence-corrected chi connectivity index (χ0v) is 16.8. The molecule has 0 aromatic heterocycles. The highest BCUT2D eigenvalue weighted by atomic mass is 28.4. The van der Waals surface area contributed by atoms with Crippen molar-refractivity contribution in [3.63, 3.8) is 0 Å². The van der Waals surface area contributed by atoms with E-state index in [0.717, 1.165) is 6.07 Å². The average molecular weight is 382 g/mol. The van der Waals surface area contributed by atoms with Crippen LogP contribution in [0, 0.1) is 0 Å². The van der Waals surface area contributed by atoms with Crippen molar-refractivity contribution in [3.05, 3.63) is 59.7 Å². The summed E-state index contributed by atoms with van der Waals surface area (Å²) >= 11 is 0. The summed E-state index contributed by atoms with van der Waals surface area (Å²) in [6.07, 6.45) is -4.40. The Labute approximate surface area is 154 Å². The van der Waals surface area contributed by atoms with Crippen LogP contribution in [0.4, 0.5) is 13.2 Å². The van der Waals surface area contributed by atoms with Gasteiger partial charge in [0, 0.05) is 11.6 Å². The van der Waals surface area contributed by atoms with Crippen LogP contribution in [0.1, 0.15) is 31.9 Å². The van der Waals surface area contributed by atoms with Gasteiger partial charge in [-0.1, -0.05) is 45.0 Å². The monoisotopic (exact) mass is 382 g/mol. The Morgan fingerprint density at radius 2 is 1.50 bits per heavy atom. The Bertz CT molecular complexity index is 749. The maximum atomic E-state index is 13.1. The Morgan fingerprint density at radius 3 is 2.12 bits per heavy atom. The van der Waals surface area contributed by atoms with Gasteiger partial charge in [0.2, 0.25) is 8.32 Å². The summed E-state index contributed by atoms with van der Waals surface area (Å²) in [4.78, 5) is 0. The highest BCUT2D eigenvalue weighted by molar-refractivity contribution is 6.74. The standard InChI is InChI=1S/C20H25F3O2Si/c1-19(2,3)26(4,5)25-17-11-8-10-16(13-17)24-14-15-9-6-7-12-18(15)20(21,22)23/h6-13H,14H2,1-5H3. The molecule has 0 aliphatic carbocycles. The van der Waals surface area contributed by atoms with Crippen LogP contribution in [0.5, 0.6) is 11.5 Å². The average Bonchev–Trinajstić information content (AvgIpc) is 2.51. The first-order chi connectivity index (χ1) is 11.9. The zero-order valence-electron chi connectivity index (χ0n) is 15.8. The molecule has 6 heteroatoms. The fourth-order valence-corrected chi connectivity index (χ4v) is 3.18. The number of alkyl halides is 3. The van der Waals surface area contributed by atoms with E-state index in [0.29, 0.717) is 11.5 Å². The molecule has 0 N–H and O–H groups in total. The van der Waals surface area contributed by atoms with Crippen molar-refractivity contribution < 1.29 is 22.3 Å². The van der Waals surface area contributed by atoms with Crippen LogP contribution in [-0.4, -0.2) is 8.32 Å². The summed E-state index contributed by atoms with van der Waals surface area (Å²) in [7, 11) is -1.99. The van der Waals surface area contributed by atoms with Crippen molar-refractivity contribution in [2.24, 2.45) is 0 Å². The number of hydrogen-bond acceptors (Lipinski definition) is 2. The number of benzene rings is 2. The smallest absolute Gasteiger partial charge is 0.416 e. The molecule has 26 heavy (non-hydrogen) atoms. The Hall–Kier alpha value is -1.95. The first-order valence-electron chi connectivity index (χ1n) is 8.47. The van der Waals surface area contributed by atoms with E-state index in [-0.39, 0.29) is 17.2 Å². The molecule has 0 radical (unpaired) electrons. The van der Waals surface area contributed by atoms with Crippen molar-refractivity contribution in [3.8, 4) is 11.5 Å². The Kier molecular flexibility index (Phi) is 5.75. The van der Waals surface area contributed by atoms with Crippen molar-refractivity contribution in [1.82, 2.24) is 0 Å². The highest BCUT2D eigenvalue weighted by Crippen LogP contribution is 2.38. The molecule has 0 unspecified atom stereocenters. The molecular weight excluding hydrogens is 357 g/mol. The first kappa shape index (κ1) is 20.4. The lowest BCUT2D eigenvalue weighted by atomic mass is 10.1. The van der Waals surface area contributed by atoms with Crippen molar-refractivity contribution in [2.45, 2.75) is 51.7 Å². The van der Waals surface area contributed by atoms with Gasteiger partial charge in [-0.2, -0.15) is 13.2 Å². The number of rotatable bonds is 5. The van der Waals surface area contributed by atoms with E-state index in [1.54, 1.807) is 24.3 Å². The SMILES string of the molecule is CC(C)(C)[Si](C)(C)Oc1cccc(OCc2ccccc2C(F)(F)F)c1. The topological polar surface area (TPSA) is 18.5 Å². The molecule has 0 bridgehead atoms. The molecule has 0 aliphatic rings.